The number of hydrogen-bond donors (Lipinski definition) is 1. The molecular weight excluding hydrogens is 154 g/mol. The molecule has 1 fully saturated rings. The van der Waals surface area contributed by atoms with Gasteiger partial charge in [0.2, 0.25) is 5.56 Å². The van der Waals surface area contributed by atoms with Crippen LogP contribution in [0.4, 0.5) is 0 Å². The van der Waals surface area contributed by atoms with Crippen LogP contribution in [-0.4, -0.2) is 18.2 Å². The van der Waals surface area contributed by atoms with Crippen molar-refractivity contribution in [3.8, 4) is 0 Å². The zero-order valence-corrected chi connectivity index (χ0v) is 6.96. The van der Waals surface area contributed by atoms with Gasteiger partial charge in [0.25, 0.3) is 0 Å². The molecule has 0 amide bonds. The largest absolute Gasteiger partial charge is 0.379 e. The summed E-state index contributed by atoms with van der Waals surface area (Å²) in [6, 6.07) is 3.42. The standard InChI is InChI=1S/C9H11NO2/c1-9(5-12-6-9)7-2-3-8(11)10-4-7/h2-4H,5-6H2,1H3,(H,10,11). The minimum Gasteiger partial charge on any atom is -0.379 e. The number of ether oxygens (including phenoxy) is 1. The molecule has 1 aromatic heterocycles. The number of H-pyrrole nitrogens is 1. The van der Waals surface area contributed by atoms with Crippen LogP contribution in [0.25, 0.3) is 0 Å². The molecule has 0 radical (unpaired) electrons. The van der Waals surface area contributed by atoms with Gasteiger partial charge < -0.3 is 9.72 Å². The zero-order chi connectivity index (χ0) is 8.60. The van der Waals surface area contributed by atoms with Gasteiger partial charge in [-0.2, -0.15) is 0 Å². The number of nitrogens with one attached hydrogen (secondary N) is 1. The SMILES string of the molecule is CC1(c2ccc(=O)[nH]c2)COC1. The van der Waals surface area contributed by atoms with Crippen LogP contribution in [0.15, 0.2) is 23.1 Å². The van der Waals surface area contributed by atoms with Gasteiger partial charge in [-0.25, -0.2) is 0 Å². The van der Waals surface area contributed by atoms with E-state index < -0.39 is 0 Å². The third-order valence-electron chi connectivity index (χ3n) is 2.32. The van der Waals surface area contributed by atoms with Crippen molar-refractivity contribution in [2.75, 3.05) is 13.2 Å². The molecule has 3 heteroatoms. The van der Waals surface area contributed by atoms with E-state index in [1.165, 1.54) is 0 Å². The van der Waals surface area contributed by atoms with Crippen molar-refractivity contribution in [2.24, 2.45) is 0 Å². The minimum absolute atomic E-state index is 0.0532. The van der Waals surface area contributed by atoms with Crippen LogP contribution >= 0.6 is 0 Å². The maximum absolute atomic E-state index is 10.8. The minimum atomic E-state index is -0.0532. The maximum atomic E-state index is 10.8. The molecule has 0 unspecified atom stereocenters. The molecule has 0 atom stereocenters. The Hall–Kier alpha value is -1.09. The molecule has 3 nitrogen and oxygen atoms in total. The fourth-order valence-corrected chi connectivity index (χ4v) is 1.36. The highest BCUT2D eigenvalue weighted by atomic mass is 16.5. The highest BCUT2D eigenvalue weighted by Gasteiger charge is 2.35. The first-order valence-corrected chi connectivity index (χ1v) is 3.98. The first kappa shape index (κ1) is 7.55. The number of pyridine rings is 1. The summed E-state index contributed by atoms with van der Waals surface area (Å²) in [6.07, 6.45) is 1.77. The molecule has 0 aliphatic carbocycles. The Morgan fingerprint density at radius 1 is 1.50 bits per heavy atom. The van der Waals surface area contributed by atoms with Gasteiger partial charge in [-0.05, 0) is 5.56 Å². The molecule has 1 aliphatic heterocycles. The molecule has 1 aliphatic rings. The van der Waals surface area contributed by atoms with Crippen molar-refractivity contribution >= 4 is 0 Å². The van der Waals surface area contributed by atoms with Gasteiger partial charge in [-0.15, -0.1) is 0 Å². The van der Waals surface area contributed by atoms with Crippen molar-refractivity contribution in [2.45, 2.75) is 12.3 Å². The molecule has 0 aromatic carbocycles. The molecule has 64 valence electrons. The quantitative estimate of drug-likeness (QED) is 0.664. The van der Waals surface area contributed by atoms with Gasteiger partial charge in [0.1, 0.15) is 0 Å². The lowest BCUT2D eigenvalue weighted by Crippen LogP contribution is -2.44. The second-order valence-corrected chi connectivity index (χ2v) is 3.50. The number of rotatable bonds is 1. The Bertz CT molecular complexity index is 318. The first-order chi connectivity index (χ1) is 5.71. The summed E-state index contributed by atoms with van der Waals surface area (Å²) in [5, 5.41) is 0. The lowest BCUT2D eigenvalue weighted by Gasteiger charge is -2.38. The Morgan fingerprint density at radius 2 is 2.25 bits per heavy atom. The zero-order valence-electron chi connectivity index (χ0n) is 6.96. The van der Waals surface area contributed by atoms with Crippen molar-refractivity contribution in [1.29, 1.82) is 0 Å². The van der Waals surface area contributed by atoms with E-state index in [4.69, 9.17) is 4.74 Å². The predicted octanol–water partition coefficient (Wildman–Crippen LogP) is 0.663. The van der Waals surface area contributed by atoms with Crippen molar-refractivity contribution in [1.82, 2.24) is 4.98 Å². The van der Waals surface area contributed by atoms with E-state index in [0.717, 1.165) is 18.8 Å². The Balaban J connectivity index is 2.34. The monoisotopic (exact) mass is 165 g/mol. The van der Waals surface area contributed by atoms with Crippen LogP contribution < -0.4 is 5.56 Å². The summed E-state index contributed by atoms with van der Waals surface area (Å²) in [5.41, 5.74) is 1.21. The summed E-state index contributed by atoms with van der Waals surface area (Å²) in [6.45, 7) is 3.63. The van der Waals surface area contributed by atoms with E-state index in [1.807, 2.05) is 6.07 Å². The van der Waals surface area contributed by atoms with Crippen molar-refractivity contribution in [3.63, 3.8) is 0 Å². The average Bonchev–Trinajstić information content (AvgIpc) is 2.02. The van der Waals surface area contributed by atoms with Crippen molar-refractivity contribution < 1.29 is 4.74 Å². The first-order valence-electron chi connectivity index (χ1n) is 3.98. The Morgan fingerprint density at radius 3 is 2.67 bits per heavy atom. The van der Waals surface area contributed by atoms with Gasteiger partial charge in [0.05, 0.1) is 13.2 Å². The second kappa shape index (κ2) is 2.45. The predicted molar refractivity (Wildman–Crippen MR) is 45.2 cm³/mol. The molecule has 0 saturated carbocycles. The molecule has 2 heterocycles. The van der Waals surface area contributed by atoms with Crippen LogP contribution in [0, 0.1) is 0 Å². The summed E-state index contributed by atoms with van der Waals surface area (Å²) in [5.74, 6) is 0. The van der Waals surface area contributed by atoms with E-state index in [0.29, 0.717) is 0 Å². The van der Waals surface area contributed by atoms with Gasteiger partial charge in [0.15, 0.2) is 0 Å². The summed E-state index contributed by atoms with van der Waals surface area (Å²) in [7, 11) is 0. The topological polar surface area (TPSA) is 42.1 Å². The fraction of sp³-hybridized carbons (Fsp3) is 0.444. The number of hydrogen-bond acceptors (Lipinski definition) is 2. The molecule has 1 saturated heterocycles. The smallest absolute Gasteiger partial charge is 0.247 e. The van der Waals surface area contributed by atoms with Crippen LogP contribution in [0.2, 0.25) is 0 Å². The van der Waals surface area contributed by atoms with Crippen molar-refractivity contribution in [3.05, 3.63) is 34.2 Å². The average molecular weight is 165 g/mol. The van der Waals surface area contributed by atoms with Gasteiger partial charge in [-0.3, -0.25) is 4.79 Å². The van der Waals surface area contributed by atoms with E-state index in [2.05, 4.69) is 11.9 Å². The van der Waals surface area contributed by atoms with Crippen LogP contribution in [-0.2, 0) is 10.2 Å². The van der Waals surface area contributed by atoms with Gasteiger partial charge >= 0.3 is 0 Å². The normalized spacial score (nSPS) is 20.1. The summed E-state index contributed by atoms with van der Waals surface area (Å²) >= 11 is 0. The molecule has 2 rings (SSSR count). The number of aromatic nitrogens is 1. The third kappa shape index (κ3) is 1.06. The van der Waals surface area contributed by atoms with Crippen LogP contribution in [0.1, 0.15) is 12.5 Å². The van der Waals surface area contributed by atoms with Gasteiger partial charge in [0, 0.05) is 17.7 Å². The van der Waals surface area contributed by atoms with E-state index in [1.54, 1.807) is 12.3 Å². The molecule has 12 heavy (non-hydrogen) atoms. The number of aromatic amines is 1. The van der Waals surface area contributed by atoms with E-state index in [9.17, 15) is 4.79 Å². The van der Waals surface area contributed by atoms with Gasteiger partial charge in [-0.1, -0.05) is 13.0 Å². The van der Waals surface area contributed by atoms with Crippen LogP contribution in [0.5, 0.6) is 0 Å². The highest BCUT2D eigenvalue weighted by Crippen LogP contribution is 2.30. The lowest BCUT2D eigenvalue weighted by molar-refractivity contribution is -0.0501. The third-order valence-corrected chi connectivity index (χ3v) is 2.32. The lowest BCUT2D eigenvalue weighted by atomic mass is 9.82. The second-order valence-electron chi connectivity index (χ2n) is 3.50. The molecule has 1 N–H and O–H groups in total. The summed E-state index contributed by atoms with van der Waals surface area (Å²) < 4.78 is 5.13. The molecule has 0 spiro atoms. The molecule has 0 bridgehead atoms. The molecule has 1 aromatic rings. The Kier molecular flexibility index (Phi) is 1.54. The Labute approximate surface area is 70.4 Å². The highest BCUT2D eigenvalue weighted by molar-refractivity contribution is 5.23. The van der Waals surface area contributed by atoms with Crippen LogP contribution in [0.3, 0.4) is 0 Å². The van der Waals surface area contributed by atoms with E-state index in [-0.39, 0.29) is 11.0 Å². The fourth-order valence-electron chi connectivity index (χ4n) is 1.36. The molecular formula is C9H11NO2. The van der Waals surface area contributed by atoms with E-state index >= 15 is 0 Å². The summed E-state index contributed by atoms with van der Waals surface area (Å²) in [4.78, 5) is 13.4. The maximum Gasteiger partial charge on any atom is 0.247 e.